The van der Waals surface area contributed by atoms with Crippen LogP contribution < -0.4 is 24.0 Å². The fourth-order valence-corrected chi connectivity index (χ4v) is 2.60. The van der Waals surface area contributed by atoms with Gasteiger partial charge in [0.15, 0.2) is 0 Å². The lowest BCUT2D eigenvalue weighted by atomic mass is 10.0. The molecule has 0 aliphatic carbocycles. The Bertz CT molecular complexity index is 514. The molecule has 0 bridgehead atoms. The maximum atomic E-state index is 3.56. The Morgan fingerprint density at radius 1 is 1.19 bits per heavy atom. The van der Waals surface area contributed by atoms with Crippen molar-refractivity contribution in [2.45, 2.75) is 13.0 Å². The van der Waals surface area contributed by atoms with E-state index >= 15 is 0 Å². The van der Waals surface area contributed by atoms with E-state index in [0.29, 0.717) is 0 Å². The predicted octanol–water partition coefficient (Wildman–Crippen LogP) is -0.696. The zero-order valence-electron chi connectivity index (χ0n) is 9.76. The Kier molecular flexibility index (Phi) is 3.01. The average Bonchev–Trinajstić information content (AvgIpc) is 2.52. The topological polar surface area (TPSA) is 15.8 Å². The highest BCUT2D eigenvalue weighted by atomic mass is 127. The summed E-state index contributed by atoms with van der Waals surface area (Å²) in [7, 11) is 4.60. The highest BCUT2D eigenvalue weighted by Crippen LogP contribution is 2.28. The van der Waals surface area contributed by atoms with E-state index in [2.05, 4.69) is 43.3 Å². The van der Waals surface area contributed by atoms with Crippen molar-refractivity contribution in [2.75, 3.05) is 20.6 Å². The molecule has 0 atom stereocenters. The van der Waals surface area contributed by atoms with Crippen molar-refractivity contribution in [3.8, 4) is 0 Å². The zero-order chi connectivity index (χ0) is 10.5. The van der Waals surface area contributed by atoms with E-state index < -0.39 is 0 Å². The molecule has 0 amide bonds. The van der Waals surface area contributed by atoms with Crippen LogP contribution in [0.4, 0.5) is 0 Å². The van der Waals surface area contributed by atoms with E-state index in [0.717, 1.165) is 11.0 Å². The molecular formula is C13H17IN2. The smallest absolute Gasteiger partial charge is 0.119 e. The van der Waals surface area contributed by atoms with E-state index in [1.165, 1.54) is 29.6 Å². The predicted molar refractivity (Wildman–Crippen MR) is 62.7 cm³/mol. The molecule has 0 spiro atoms. The molecular weight excluding hydrogens is 311 g/mol. The number of rotatable bonds is 0. The lowest BCUT2D eigenvalue weighted by Gasteiger charge is -2.33. The van der Waals surface area contributed by atoms with Crippen LogP contribution in [0.1, 0.15) is 11.3 Å². The van der Waals surface area contributed by atoms with Gasteiger partial charge in [0.05, 0.1) is 26.3 Å². The minimum Gasteiger partial charge on any atom is -1.00 e. The second-order valence-corrected chi connectivity index (χ2v) is 5.20. The summed E-state index contributed by atoms with van der Waals surface area (Å²) >= 11 is 0. The molecule has 1 aromatic heterocycles. The fraction of sp³-hybridized carbons (Fsp3) is 0.385. The highest BCUT2D eigenvalue weighted by molar-refractivity contribution is 5.84. The van der Waals surface area contributed by atoms with Gasteiger partial charge >= 0.3 is 0 Å². The Hall–Kier alpha value is -0.550. The number of likely N-dealkylation sites (N-methyl/N-ethyl adjacent to an activating group) is 1. The third kappa shape index (κ3) is 1.86. The maximum absolute atomic E-state index is 3.56. The van der Waals surface area contributed by atoms with Crippen molar-refractivity contribution in [2.24, 2.45) is 0 Å². The number of aromatic amines is 1. The van der Waals surface area contributed by atoms with Crippen LogP contribution in [-0.2, 0) is 13.0 Å². The molecule has 86 valence electrons. The molecule has 0 unspecified atom stereocenters. The standard InChI is InChI=1S/C13H17N2.HI/c1-15(2)8-7-11-10-5-3-4-6-12(10)14-13(11)9-15;/h3-6,14H,7-9H2,1-2H3;1H/q+1;/p-1. The minimum atomic E-state index is 0. The van der Waals surface area contributed by atoms with Crippen molar-refractivity contribution in [1.82, 2.24) is 4.98 Å². The van der Waals surface area contributed by atoms with Crippen molar-refractivity contribution >= 4 is 10.9 Å². The second kappa shape index (κ2) is 4.04. The summed E-state index contributed by atoms with van der Waals surface area (Å²) in [6.07, 6.45) is 1.20. The monoisotopic (exact) mass is 328 g/mol. The van der Waals surface area contributed by atoms with Gasteiger partial charge in [-0.25, -0.2) is 0 Å². The molecule has 1 N–H and O–H groups in total. The summed E-state index contributed by atoms with van der Waals surface area (Å²) in [4.78, 5) is 3.56. The Labute approximate surface area is 113 Å². The van der Waals surface area contributed by atoms with Gasteiger partial charge in [-0.2, -0.15) is 0 Å². The maximum Gasteiger partial charge on any atom is 0.119 e. The summed E-state index contributed by atoms with van der Waals surface area (Å²) in [5, 5.41) is 1.42. The molecule has 2 nitrogen and oxygen atoms in total. The van der Waals surface area contributed by atoms with Crippen LogP contribution in [0, 0.1) is 0 Å². The molecule has 3 rings (SSSR count). The lowest BCUT2D eigenvalue weighted by Crippen LogP contribution is -3.00. The van der Waals surface area contributed by atoms with Crippen LogP contribution in [-0.4, -0.2) is 30.1 Å². The Balaban J connectivity index is 0.000000963. The fourth-order valence-electron chi connectivity index (χ4n) is 2.60. The van der Waals surface area contributed by atoms with Gasteiger partial charge in [-0.1, -0.05) is 18.2 Å². The molecule has 1 aliphatic rings. The van der Waals surface area contributed by atoms with Gasteiger partial charge in [0.1, 0.15) is 6.54 Å². The van der Waals surface area contributed by atoms with E-state index in [4.69, 9.17) is 0 Å². The van der Waals surface area contributed by atoms with Crippen molar-refractivity contribution < 1.29 is 28.5 Å². The average molecular weight is 328 g/mol. The number of fused-ring (bicyclic) bond motifs is 3. The van der Waals surface area contributed by atoms with Crippen LogP contribution in [0.3, 0.4) is 0 Å². The van der Waals surface area contributed by atoms with E-state index in [-0.39, 0.29) is 24.0 Å². The zero-order valence-corrected chi connectivity index (χ0v) is 11.9. The number of nitrogens with one attached hydrogen (secondary N) is 1. The van der Waals surface area contributed by atoms with Gasteiger partial charge in [0, 0.05) is 17.3 Å². The first kappa shape index (κ1) is 11.9. The van der Waals surface area contributed by atoms with E-state index in [9.17, 15) is 0 Å². The minimum absolute atomic E-state index is 0. The Morgan fingerprint density at radius 2 is 1.94 bits per heavy atom. The number of H-pyrrole nitrogens is 1. The first-order valence-corrected chi connectivity index (χ1v) is 5.56. The number of quaternary nitrogens is 1. The van der Waals surface area contributed by atoms with Crippen molar-refractivity contribution in [1.29, 1.82) is 0 Å². The number of nitrogens with zero attached hydrogens (tertiary/aromatic N) is 1. The molecule has 2 heterocycles. The molecule has 0 radical (unpaired) electrons. The number of aromatic nitrogens is 1. The van der Waals surface area contributed by atoms with Gasteiger partial charge in [0.2, 0.25) is 0 Å². The third-order valence-electron chi connectivity index (χ3n) is 3.46. The molecule has 16 heavy (non-hydrogen) atoms. The van der Waals surface area contributed by atoms with Crippen LogP contribution in [0.15, 0.2) is 24.3 Å². The van der Waals surface area contributed by atoms with Crippen LogP contribution in [0.5, 0.6) is 0 Å². The normalized spacial score (nSPS) is 17.9. The van der Waals surface area contributed by atoms with E-state index in [1.54, 1.807) is 5.56 Å². The number of para-hydroxylation sites is 1. The van der Waals surface area contributed by atoms with Crippen molar-refractivity contribution in [3.63, 3.8) is 0 Å². The second-order valence-electron chi connectivity index (χ2n) is 5.20. The molecule has 3 heteroatoms. The number of halogens is 1. The number of benzene rings is 1. The van der Waals surface area contributed by atoms with Crippen LogP contribution in [0.25, 0.3) is 10.9 Å². The van der Waals surface area contributed by atoms with Crippen molar-refractivity contribution in [3.05, 3.63) is 35.5 Å². The first-order chi connectivity index (χ1) is 7.16. The molecule has 0 saturated carbocycles. The van der Waals surface area contributed by atoms with Gasteiger partial charge in [-0.05, 0) is 11.6 Å². The largest absolute Gasteiger partial charge is 1.00 e. The lowest BCUT2D eigenvalue weighted by molar-refractivity contribution is -0.905. The Morgan fingerprint density at radius 3 is 2.75 bits per heavy atom. The third-order valence-corrected chi connectivity index (χ3v) is 3.46. The molecule has 0 fully saturated rings. The number of hydrogen-bond donors (Lipinski definition) is 1. The molecule has 0 saturated heterocycles. The highest BCUT2D eigenvalue weighted by Gasteiger charge is 2.26. The van der Waals surface area contributed by atoms with Gasteiger partial charge in [0.25, 0.3) is 0 Å². The van der Waals surface area contributed by atoms with Gasteiger partial charge in [-0.3, -0.25) is 0 Å². The first-order valence-electron chi connectivity index (χ1n) is 5.56. The summed E-state index contributed by atoms with van der Waals surface area (Å²) in [5.74, 6) is 0. The summed E-state index contributed by atoms with van der Waals surface area (Å²) in [6.45, 7) is 2.37. The van der Waals surface area contributed by atoms with Crippen LogP contribution in [0.2, 0.25) is 0 Å². The SMILES string of the molecule is C[N+]1(C)CCc2c([nH]c3ccccc23)C1.[I-]. The van der Waals surface area contributed by atoms with Gasteiger partial charge in [-0.15, -0.1) is 0 Å². The molecule has 1 aliphatic heterocycles. The summed E-state index contributed by atoms with van der Waals surface area (Å²) in [6, 6.07) is 8.64. The molecule has 2 aromatic rings. The van der Waals surface area contributed by atoms with E-state index in [1.807, 2.05) is 0 Å². The summed E-state index contributed by atoms with van der Waals surface area (Å²) in [5.41, 5.74) is 4.28. The quantitative estimate of drug-likeness (QED) is 0.487. The number of hydrogen-bond acceptors (Lipinski definition) is 0. The summed E-state index contributed by atoms with van der Waals surface area (Å²) < 4.78 is 1.10. The molecule has 1 aromatic carbocycles. The van der Waals surface area contributed by atoms with Gasteiger partial charge < -0.3 is 33.4 Å². The van der Waals surface area contributed by atoms with Crippen LogP contribution >= 0.6 is 0 Å².